The van der Waals surface area contributed by atoms with E-state index < -0.39 is 0 Å². The molecule has 1 aromatic rings. The Morgan fingerprint density at radius 2 is 2.19 bits per heavy atom. The Morgan fingerprint density at radius 3 is 2.75 bits per heavy atom. The summed E-state index contributed by atoms with van der Waals surface area (Å²) >= 11 is 13.6. The van der Waals surface area contributed by atoms with E-state index >= 15 is 0 Å². The Hall–Kier alpha value is -0.190. The van der Waals surface area contributed by atoms with Gasteiger partial charge in [0.2, 0.25) is 0 Å². The van der Waals surface area contributed by atoms with Gasteiger partial charge in [-0.1, -0.05) is 29.6 Å². The quantitative estimate of drug-likeness (QED) is 0.915. The zero-order chi connectivity index (χ0) is 11.6. The zero-order valence-corrected chi connectivity index (χ0v) is 11.3. The number of halogens is 2. The number of rotatable bonds is 4. The first-order chi connectivity index (χ1) is 7.65. The number of anilines is 1. The molecule has 0 spiro atoms. The van der Waals surface area contributed by atoms with Crippen LogP contribution in [0.1, 0.15) is 19.3 Å². The highest BCUT2D eigenvalue weighted by atomic mass is 35.5. The van der Waals surface area contributed by atoms with Gasteiger partial charge in [0, 0.05) is 17.4 Å². The first-order valence-electron chi connectivity index (χ1n) is 5.13. The Bertz CT molecular complexity index is 377. The van der Waals surface area contributed by atoms with Crippen molar-refractivity contribution in [2.75, 3.05) is 18.1 Å². The summed E-state index contributed by atoms with van der Waals surface area (Å²) in [5.74, 6) is 0. The molecule has 0 unspecified atom stereocenters. The minimum atomic E-state index is 0.360. The fraction of sp³-hybridized carbons (Fsp3) is 0.600. The van der Waals surface area contributed by atoms with E-state index in [2.05, 4.69) is 21.8 Å². The van der Waals surface area contributed by atoms with Crippen LogP contribution >= 0.6 is 35.0 Å². The van der Waals surface area contributed by atoms with Crippen LogP contribution in [-0.4, -0.2) is 27.7 Å². The van der Waals surface area contributed by atoms with Crippen molar-refractivity contribution in [3.05, 3.63) is 16.4 Å². The number of thioether (sulfide) groups is 1. The van der Waals surface area contributed by atoms with Gasteiger partial charge < -0.3 is 5.32 Å². The van der Waals surface area contributed by atoms with Crippen molar-refractivity contribution in [2.45, 2.75) is 24.0 Å². The highest BCUT2D eigenvalue weighted by Gasteiger charge is 2.35. The number of hydrogen-bond donors (Lipinski definition) is 1. The fourth-order valence-electron chi connectivity index (χ4n) is 1.76. The van der Waals surface area contributed by atoms with E-state index in [4.69, 9.17) is 23.2 Å². The van der Waals surface area contributed by atoms with Crippen LogP contribution in [0.15, 0.2) is 6.07 Å². The summed E-state index contributed by atoms with van der Waals surface area (Å²) in [5.41, 5.74) is 0.766. The minimum absolute atomic E-state index is 0.360. The maximum absolute atomic E-state index is 5.93. The molecule has 0 radical (unpaired) electrons. The molecule has 1 aliphatic carbocycles. The molecule has 16 heavy (non-hydrogen) atoms. The summed E-state index contributed by atoms with van der Waals surface area (Å²) in [6.45, 7) is 0.899. The molecule has 0 aromatic carbocycles. The lowest BCUT2D eigenvalue weighted by Crippen LogP contribution is -2.40. The first kappa shape index (κ1) is 12.3. The van der Waals surface area contributed by atoms with Gasteiger partial charge in [-0.3, -0.25) is 0 Å². The highest BCUT2D eigenvalue weighted by Crippen LogP contribution is 2.43. The van der Waals surface area contributed by atoms with Gasteiger partial charge >= 0.3 is 0 Å². The van der Waals surface area contributed by atoms with E-state index in [1.807, 2.05) is 11.8 Å². The summed E-state index contributed by atoms with van der Waals surface area (Å²) in [4.78, 5) is 0. The Morgan fingerprint density at radius 1 is 1.44 bits per heavy atom. The monoisotopic (exact) mass is 277 g/mol. The van der Waals surface area contributed by atoms with Gasteiger partial charge in [-0.15, -0.1) is 10.2 Å². The van der Waals surface area contributed by atoms with Gasteiger partial charge in [0.1, 0.15) is 0 Å². The Labute approximate surface area is 109 Å². The Balaban J connectivity index is 2.01. The highest BCUT2D eigenvalue weighted by molar-refractivity contribution is 8.00. The molecule has 88 valence electrons. The third-order valence-corrected chi connectivity index (χ3v) is 4.90. The van der Waals surface area contributed by atoms with Gasteiger partial charge in [0.15, 0.2) is 10.3 Å². The normalized spacial score (nSPS) is 17.9. The van der Waals surface area contributed by atoms with Gasteiger partial charge in [0.25, 0.3) is 0 Å². The molecule has 0 bridgehead atoms. The standard InChI is InChI=1S/C10H13Cl2N3S/c1-16-10(3-2-4-10)6-13-7-5-8(11)14-15-9(7)12/h5H,2-4,6H2,1H3,(H,13,14). The van der Waals surface area contributed by atoms with Crippen molar-refractivity contribution in [3.63, 3.8) is 0 Å². The summed E-state index contributed by atoms with van der Waals surface area (Å²) < 4.78 is 0.360. The second-order valence-corrected chi connectivity index (χ2v) is 5.99. The lowest BCUT2D eigenvalue weighted by molar-refractivity contribution is 0.380. The van der Waals surface area contributed by atoms with Gasteiger partial charge in [0.05, 0.1) is 5.69 Å². The second kappa shape index (κ2) is 4.98. The third-order valence-electron chi connectivity index (χ3n) is 3.02. The molecule has 1 aromatic heterocycles. The summed E-state index contributed by atoms with van der Waals surface area (Å²) in [6, 6.07) is 1.71. The van der Waals surface area contributed by atoms with E-state index in [0.29, 0.717) is 15.1 Å². The molecule has 1 heterocycles. The molecule has 1 aliphatic rings. The van der Waals surface area contributed by atoms with Gasteiger partial charge in [-0.05, 0) is 19.1 Å². The lowest BCUT2D eigenvalue weighted by atomic mass is 9.84. The molecule has 0 aliphatic heterocycles. The predicted molar refractivity (Wildman–Crippen MR) is 70.6 cm³/mol. The van der Waals surface area contributed by atoms with E-state index in [9.17, 15) is 0 Å². The summed E-state index contributed by atoms with van der Waals surface area (Å²) in [7, 11) is 0. The van der Waals surface area contributed by atoms with Crippen LogP contribution < -0.4 is 5.32 Å². The average Bonchev–Trinajstić information content (AvgIpc) is 2.22. The lowest BCUT2D eigenvalue weighted by Gasteiger charge is -2.40. The second-order valence-electron chi connectivity index (χ2n) is 3.97. The molecule has 0 saturated heterocycles. The molecule has 6 heteroatoms. The van der Waals surface area contributed by atoms with Crippen LogP contribution in [0.25, 0.3) is 0 Å². The fourth-order valence-corrected chi connectivity index (χ4v) is 2.98. The van der Waals surface area contributed by atoms with Crippen LogP contribution in [0.4, 0.5) is 5.69 Å². The van der Waals surface area contributed by atoms with Crippen LogP contribution in [0.2, 0.25) is 10.3 Å². The number of hydrogen-bond acceptors (Lipinski definition) is 4. The smallest absolute Gasteiger partial charge is 0.174 e. The molecule has 2 rings (SSSR count). The van der Waals surface area contributed by atoms with E-state index in [-0.39, 0.29) is 0 Å². The molecule has 0 amide bonds. The summed E-state index contributed by atoms with van der Waals surface area (Å²) in [6.07, 6.45) is 5.97. The Kier molecular flexibility index (Phi) is 3.82. The van der Waals surface area contributed by atoms with E-state index in [0.717, 1.165) is 12.2 Å². The van der Waals surface area contributed by atoms with Crippen molar-refractivity contribution in [3.8, 4) is 0 Å². The van der Waals surface area contributed by atoms with Crippen molar-refractivity contribution in [1.29, 1.82) is 0 Å². The molecule has 1 fully saturated rings. The first-order valence-corrected chi connectivity index (χ1v) is 7.11. The van der Waals surface area contributed by atoms with Crippen LogP contribution in [-0.2, 0) is 0 Å². The van der Waals surface area contributed by atoms with Crippen LogP contribution in [0.5, 0.6) is 0 Å². The average molecular weight is 278 g/mol. The SMILES string of the molecule is CSC1(CNc2cc(Cl)nnc2Cl)CCC1. The maximum atomic E-state index is 5.93. The van der Waals surface area contributed by atoms with Crippen LogP contribution in [0, 0.1) is 0 Å². The molecular weight excluding hydrogens is 265 g/mol. The largest absolute Gasteiger partial charge is 0.381 e. The van der Waals surface area contributed by atoms with Gasteiger partial charge in [-0.2, -0.15) is 11.8 Å². The maximum Gasteiger partial charge on any atom is 0.174 e. The van der Waals surface area contributed by atoms with Crippen molar-refractivity contribution < 1.29 is 0 Å². The number of aromatic nitrogens is 2. The molecule has 1 saturated carbocycles. The molecular formula is C10H13Cl2N3S. The van der Waals surface area contributed by atoms with E-state index in [1.165, 1.54) is 19.3 Å². The van der Waals surface area contributed by atoms with E-state index in [1.54, 1.807) is 6.07 Å². The molecule has 3 nitrogen and oxygen atoms in total. The predicted octanol–water partition coefficient (Wildman–Crippen LogP) is 3.48. The third kappa shape index (κ3) is 2.55. The van der Waals surface area contributed by atoms with Crippen molar-refractivity contribution >= 4 is 40.7 Å². The minimum Gasteiger partial charge on any atom is -0.381 e. The van der Waals surface area contributed by atoms with Crippen molar-refractivity contribution in [2.24, 2.45) is 0 Å². The topological polar surface area (TPSA) is 37.8 Å². The molecule has 0 atom stereocenters. The van der Waals surface area contributed by atoms with Crippen LogP contribution in [0.3, 0.4) is 0 Å². The molecule has 1 N–H and O–H groups in total. The number of nitrogens with one attached hydrogen (secondary N) is 1. The number of nitrogens with zero attached hydrogens (tertiary/aromatic N) is 2. The van der Waals surface area contributed by atoms with Gasteiger partial charge in [-0.25, -0.2) is 0 Å². The zero-order valence-electron chi connectivity index (χ0n) is 8.96. The van der Waals surface area contributed by atoms with Crippen molar-refractivity contribution in [1.82, 2.24) is 10.2 Å². The summed E-state index contributed by atoms with van der Waals surface area (Å²) in [5, 5.41) is 11.5.